The van der Waals surface area contributed by atoms with Crippen LogP contribution in [0.3, 0.4) is 0 Å². The molecule has 0 saturated carbocycles. The predicted octanol–water partition coefficient (Wildman–Crippen LogP) is 1.29. The number of rotatable bonds is 8. The van der Waals surface area contributed by atoms with Crippen molar-refractivity contribution in [1.29, 1.82) is 0 Å². The zero-order chi connectivity index (χ0) is 16.1. The first kappa shape index (κ1) is 16.2. The predicted molar refractivity (Wildman–Crippen MR) is 86.2 cm³/mol. The third kappa shape index (κ3) is 4.17. The SMILES string of the molecule is CN(C)CCCn1nnc2cc(N(C)CCC(=O)O)ccc21. The maximum absolute atomic E-state index is 10.6. The Morgan fingerprint density at radius 2 is 2.05 bits per heavy atom. The molecule has 2 rings (SSSR count). The van der Waals surface area contributed by atoms with Crippen molar-refractivity contribution in [3.63, 3.8) is 0 Å². The number of aromatic nitrogens is 3. The Kier molecular flexibility index (Phi) is 5.32. The summed E-state index contributed by atoms with van der Waals surface area (Å²) in [6, 6.07) is 5.93. The Labute approximate surface area is 130 Å². The van der Waals surface area contributed by atoms with Crippen LogP contribution in [0.25, 0.3) is 11.0 Å². The molecule has 1 aromatic heterocycles. The van der Waals surface area contributed by atoms with Gasteiger partial charge in [-0.1, -0.05) is 5.21 Å². The van der Waals surface area contributed by atoms with Gasteiger partial charge >= 0.3 is 5.97 Å². The molecule has 0 aliphatic carbocycles. The number of benzene rings is 1. The number of carboxylic acid groups (broad SMARTS) is 1. The first-order valence-electron chi connectivity index (χ1n) is 7.38. The Morgan fingerprint density at radius 1 is 1.27 bits per heavy atom. The van der Waals surface area contributed by atoms with Crippen molar-refractivity contribution in [2.45, 2.75) is 19.4 Å². The molecular weight excluding hydrogens is 282 g/mol. The van der Waals surface area contributed by atoms with Gasteiger partial charge < -0.3 is 14.9 Å². The van der Waals surface area contributed by atoms with E-state index in [0.29, 0.717) is 6.54 Å². The van der Waals surface area contributed by atoms with Gasteiger partial charge in [-0.2, -0.15) is 0 Å². The van der Waals surface area contributed by atoms with Crippen LogP contribution >= 0.6 is 0 Å². The molecule has 2 aromatic rings. The second-order valence-corrected chi connectivity index (χ2v) is 5.71. The molecule has 120 valence electrons. The van der Waals surface area contributed by atoms with E-state index in [1.807, 2.05) is 34.8 Å². The molecule has 0 saturated heterocycles. The summed E-state index contributed by atoms with van der Waals surface area (Å²) < 4.78 is 1.92. The smallest absolute Gasteiger partial charge is 0.305 e. The molecule has 0 radical (unpaired) electrons. The molecule has 0 spiro atoms. The fourth-order valence-electron chi connectivity index (χ4n) is 2.29. The lowest BCUT2D eigenvalue weighted by atomic mass is 10.2. The van der Waals surface area contributed by atoms with Crippen molar-refractivity contribution in [2.75, 3.05) is 39.1 Å². The van der Waals surface area contributed by atoms with Crippen LogP contribution in [0, 0.1) is 0 Å². The Balaban J connectivity index is 2.07. The van der Waals surface area contributed by atoms with Crippen LogP contribution in [0.1, 0.15) is 12.8 Å². The standard InChI is InChI=1S/C15H23N5O2/c1-18(2)8-4-9-20-14-6-5-12(11-13(14)16-17-20)19(3)10-7-15(21)22/h5-6,11H,4,7-10H2,1-3H3,(H,21,22). The number of carboxylic acids is 1. The molecule has 0 atom stereocenters. The van der Waals surface area contributed by atoms with Crippen molar-refractivity contribution < 1.29 is 9.90 Å². The van der Waals surface area contributed by atoms with Crippen molar-refractivity contribution >= 4 is 22.7 Å². The van der Waals surface area contributed by atoms with E-state index in [-0.39, 0.29) is 6.42 Å². The Morgan fingerprint density at radius 3 is 2.73 bits per heavy atom. The Hall–Kier alpha value is -2.15. The normalized spacial score (nSPS) is 11.3. The minimum atomic E-state index is -0.792. The van der Waals surface area contributed by atoms with Gasteiger partial charge in [0.1, 0.15) is 5.52 Å². The molecule has 1 heterocycles. The number of aliphatic carboxylic acids is 1. The maximum Gasteiger partial charge on any atom is 0.305 e. The van der Waals surface area contributed by atoms with Gasteiger partial charge in [-0.15, -0.1) is 5.10 Å². The lowest BCUT2D eigenvalue weighted by molar-refractivity contribution is -0.136. The van der Waals surface area contributed by atoms with Gasteiger partial charge in [0, 0.05) is 25.8 Å². The molecule has 0 bridgehead atoms. The van der Waals surface area contributed by atoms with E-state index in [4.69, 9.17) is 5.11 Å². The molecule has 0 aliphatic rings. The van der Waals surface area contributed by atoms with Crippen molar-refractivity contribution in [3.8, 4) is 0 Å². The first-order chi connectivity index (χ1) is 10.5. The molecular formula is C15H23N5O2. The van der Waals surface area contributed by atoms with Crippen LogP contribution in [0.15, 0.2) is 18.2 Å². The number of hydrogen-bond acceptors (Lipinski definition) is 5. The average Bonchev–Trinajstić information content (AvgIpc) is 2.87. The van der Waals surface area contributed by atoms with Crippen LogP contribution in [-0.2, 0) is 11.3 Å². The fourth-order valence-corrected chi connectivity index (χ4v) is 2.29. The Bertz CT molecular complexity index is 638. The van der Waals surface area contributed by atoms with Crippen LogP contribution in [-0.4, -0.2) is 65.2 Å². The topological polar surface area (TPSA) is 74.5 Å². The number of anilines is 1. The van der Waals surface area contributed by atoms with Crippen molar-refractivity contribution in [1.82, 2.24) is 19.9 Å². The van der Waals surface area contributed by atoms with E-state index in [1.54, 1.807) is 0 Å². The number of fused-ring (bicyclic) bond motifs is 1. The molecule has 0 unspecified atom stereocenters. The third-order valence-corrected chi connectivity index (χ3v) is 3.57. The molecule has 7 heteroatoms. The molecule has 0 amide bonds. The molecule has 7 nitrogen and oxygen atoms in total. The largest absolute Gasteiger partial charge is 0.481 e. The van der Waals surface area contributed by atoms with Gasteiger partial charge in [-0.3, -0.25) is 4.79 Å². The number of carbonyl (C=O) groups is 1. The van der Waals surface area contributed by atoms with Crippen LogP contribution in [0.5, 0.6) is 0 Å². The highest BCUT2D eigenvalue weighted by Gasteiger charge is 2.09. The molecule has 1 N–H and O–H groups in total. The summed E-state index contributed by atoms with van der Waals surface area (Å²) in [6.45, 7) is 2.32. The summed E-state index contributed by atoms with van der Waals surface area (Å²) in [4.78, 5) is 14.7. The summed E-state index contributed by atoms with van der Waals surface area (Å²) in [7, 11) is 5.99. The highest BCUT2D eigenvalue weighted by atomic mass is 16.4. The minimum absolute atomic E-state index is 0.117. The van der Waals surface area contributed by atoms with E-state index in [1.165, 1.54) is 0 Å². The van der Waals surface area contributed by atoms with Gasteiger partial charge in [0.15, 0.2) is 0 Å². The van der Waals surface area contributed by atoms with Crippen LogP contribution in [0.2, 0.25) is 0 Å². The zero-order valence-corrected chi connectivity index (χ0v) is 13.4. The van der Waals surface area contributed by atoms with E-state index in [2.05, 4.69) is 29.3 Å². The van der Waals surface area contributed by atoms with Gasteiger partial charge in [-0.05, 0) is 45.3 Å². The van der Waals surface area contributed by atoms with E-state index in [0.717, 1.165) is 36.2 Å². The third-order valence-electron chi connectivity index (χ3n) is 3.57. The van der Waals surface area contributed by atoms with Crippen molar-refractivity contribution in [2.24, 2.45) is 0 Å². The fraction of sp³-hybridized carbons (Fsp3) is 0.533. The monoisotopic (exact) mass is 305 g/mol. The lowest BCUT2D eigenvalue weighted by Gasteiger charge is -2.18. The highest BCUT2D eigenvalue weighted by Crippen LogP contribution is 2.20. The summed E-state index contributed by atoms with van der Waals surface area (Å²) in [5.41, 5.74) is 2.80. The summed E-state index contributed by atoms with van der Waals surface area (Å²) in [5, 5.41) is 17.2. The molecule has 0 aliphatic heterocycles. The van der Waals surface area contributed by atoms with Crippen LogP contribution < -0.4 is 4.90 Å². The second kappa shape index (κ2) is 7.22. The second-order valence-electron chi connectivity index (χ2n) is 5.71. The van der Waals surface area contributed by atoms with Gasteiger partial charge in [0.05, 0.1) is 11.9 Å². The van der Waals surface area contributed by atoms with Gasteiger partial charge in [0.2, 0.25) is 0 Å². The number of aryl methyl sites for hydroxylation is 1. The summed E-state index contributed by atoms with van der Waals surface area (Å²) in [6.07, 6.45) is 1.14. The summed E-state index contributed by atoms with van der Waals surface area (Å²) >= 11 is 0. The van der Waals surface area contributed by atoms with E-state index >= 15 is 0 Å². The summed E-state index contributed by atoms with van der Waals surface area (Å²) in [5.74, 6) is -0.792. The van der Waals surface area contributed by atoms with Crippen molar-refractivity contribution in [3.05, 3.63) is 18.2 Å². The number of nitrogens with zero attached hydrogens (tertiary/aromatic N) is 5. The molecule has 1 aromatic carbocycles. The first-order valence-corrected chi connectivity index (χ1v) is 7.38. The van der Waals surface area contributed by atoms with E-state index in [9.17, 15) is 4.79 Å². The van der Waals surface area contributed by atoms with Crippen LogP contribution in [0.4, 0.5) is 5.69 Å². The quantitative estimate of drug-likeness (QED) is 0.792. The number of hydrogen-bond donors (Lipinski definition) is 1. The van der Waals surface area contributed by atoms with E-state index < -0.39 is 5.97 Å². The van der Waals surface area contributed by atoms with Gasteiger partial charge in [-0.25, -0.2) is 4.68 Å². The highest BCUT2D eigenvalue weighted by molar-refractivity contribution is 5.79. The molecule has 0 fully saturated rings. The van der Waals surface area contributed by atoms with Gasteiger partial charge in [0.25, 0.3) is 0 Å². The maximum atomic E-state index is 10.6. The lowest BCUT2D eigenvalue weighted by Crippen LogP contribution is -2.20. The average molecular weight is 305 g/mol. The zero-order valence-electron chi connectivity index (χ0n) is 13.4. The minimum Gasteiger partial charge on any atom is -0.481 e. The molecule has 22 heavy (non-hydrogen) atoms.